The van der Waals surface area contributed by atoms with Crippen molar-refractivity contribution in [2.75, 3.05) is 20.2 Å². The zero-order valence-corrected chi connectivity index (χ0v) is 17.8. The summed E-state index contributed by atoms with van der Waals surface area (Å²) in [6, 6.07) is 9.50. The van der Waals surface area contributed by atoms with Gasteiger partial charge in [-0.05, 0) is 29.8 Å². The van der Waals surface area contributed by atoms with E-state index in [1.165, 1.54) is 24.4 Å². The largest absolute Gasteiger partial charge is 0.342 e. The number of benzene rings is 1. The second kappa shape index (κ2) is 8.90. The highest BCUT2D eigenvalue weighted by molar-refractivity contribution is 7.87. The first-order chi connectivity index (χ1) is 14.3. The predicted octanol–water partition coefficient (Wildman–Crippen LogP) is 2.81. The molecule has 2 heterocycles. The van der Waals surface area contributed by atoms with Crippen molar-refractivity contribution in [2.24, 2.45) is 0 Å². The molecule has 0 atom stereocenters. The molecule has 0 fully saturated rings. The number of hydroxylamine groups is 1. The van der Waals surface area contributed by atoms with Crippen molar-refractivity contribution in [3.8, 4) is 0 Å². The lowest BCUT2D eigenvalue weighted by molar-refractivity contribution is -0.0329. The van der Waals surface area contributed by atoms with Gasteiger partial charge >= 0.3 is 16.1 Å². The maximum atomic E-state index is 13.1. The number of hydrogen-bond acceptors (Lipinski definition) is 5. The van der Waals surface area contributed by atoms with Crippen LogP contribution in [0.25, 0.3) is 10.9 Å². The van der Waals surface area contributed by atoms with E-state index >= 15 is 0 Å². The first-order valence-corrected chi connectivity index (χ1v) is 10.8. The van der Waals surface area contributed by atoms with Gasteiger partial charge in [0.25, 0.3) is 0 Å². The van der Waals surface area contributed by atoms with Gasteiger partial charge in [0.1, 0.15) is 11.5 Å². The Labute approximate surface area is 174 Å². The van der Waals surface area contributed by atoms with Crippen molar-refractivity contribution >= 4 is 27.0 Å². The molecule has 30 heavy (non-hydrogen) atoms. The molecule has 0 aliphatic carbocycles. The Bertz CT molecular complexity index is 1140. The van der Waals surface area contributed by atoms with Crippen molar-refractivity contribution in [3.63, 3.8) is 0 Å². The highest BCUT2D eigenvalue weighted by atomic mass is 32.2. The van der Waals surface area contributed by atoms with Gasteiger partial charge in [-0.1, -0.05) is 30.4 Å². The maximum Gasteiger partial charge on any atom is 0.329 e. The van der Waals surface area contributed by atoms with Crippen LogP contribution in [0.15, 0.2) is 48.8 Å². The molecule has 160 valence electrons. The zero-order valence-electron chi connectivity index (χ0n) is 16.9. The van der Waals surface area contributed by atoms with Crippen LogP contribution in [0.4, 0.5) is 4.39 Å². The Balaban J connectivity index is 1.90. The Kier molecular flexibility index (Phi) is 6.49. The fraction of sp³-hybridized carbons (Fsp3) is 0.300. The highest BCUT2D eigenvalue weighted by Crippen LogP contribution is 2.20. The number of aromatic nitrogens is 2. The molecule has 3 rings (SSSR count). The molecule has 1 amide bonds. The summed E-state index contributed by atoms with van der Waals surface area (Å²) in [5.74, 6) is -1.18. The van der Waals surface area contributed by atoms with Gasteiger partial charge in [0.2, 0.25) is 0 Å². The van der Waals surface area contributed by atoms with Gasteiger partial charge in [0.05, 0.1) is 18.8 Å². The Morgan fingerprint density at radius 1 is 1.17 bits per heavy atom. The second-order valence-electron chi connectivity index (χ2n) is 6.51. The number of pyridine rings is 1. The topological polar surface area (TPSA) is 84.7 Å². The minimum absolute atomic E-state index is 0.0559. The third kappa shape index (κ3) is 4.20. The minimum atomic E-state index is -4.13. The summed E-state index contributed by atoms with van der Waals surface area (Å²) < 4.78 is 41.8. The van der Waals surface area contributed by atoms with Crippen molar-refractivity contribution in [1.82, 2.24) is 18.3 Å². The van der Waals surface area contributed by atoms with Gasteiger partial charge < -0.3 is 4.57 Å². The molecule has 2 aromatic heterocycles. The van der Waals surface area contributed by atoms with Crippen molar-refractivity contribution in [2.45, 2.75) is 20.4 Å². The van der Waals surface area contributed by atoms with Crippen LogP contribution in [0.2, 0.25) is 0 Å². The molecule has 0 radical (unpaired) electrons. The maximum absolute atomic E-state index is 13.1. The Morgan fingerprint density at radius 2 is 1.83 bits per heavy atom. The number of carbonyl (C=O) groups is 1. The lowest BCUT2D eigenvalue weighted by atomic mass is 10.2. The number of nitrogens with zero attached hydrogens (tertiary/aromatic N) is 4. The van der Waals surface area contributed by atoms with Crippen LogP contribution in [-0.2, 0) is 21.6 Å². The van der Waals surface area contributed by atoms with E-state index in [1.807, 2.05) is 10.8 Å². The molecule has 1 aromatic carbocycles. The summed E-state index contributed by atoms with van der Waals surface area (Å²) in [4.78, 5) is 21.9. The van der Waals surface area contributed by atoms with Crippen LogP contribution < -0.4 is 0 Å². The van der Waals surface area contributed by atoms with Crippen molar-refractivity contribution in [3.05, 3.63) is 65.9 Å². The quantitative estimate of drug-likeness (QED) is 0.509. The molecule has 0 unspecified atom stereocenters. The molecule has 0 bridgehead atoms. The second-order valence-corrected chi connectivity index (χ2v) is 8.25. The normalized spacial score (nSPS) is 11.9. The first-order valence-electron chi connectivity index (χ1n) is 9.40. The summed E-state index contributed by atoms with van der Waals surface area (Å²) >= 11 is 0. The van der Waals surface area contributed by atoms with E-state index in [0.29, 0.717) is 16.4 Å². The summed E-state index contributed by atoms with van der Waals surface area (Å²) in [5.41, 5.74) is 1.61. The predicted molar refractivity (Wildman–Crippen MR) is 110 cm³/mol. The summed E-state index contributed by atoms with van der Waals surface area (Å²) in [6.45, 7) is 4.25. The number of rotatable bonds is 8. The number of fused-ring (bicyclic) bond motifs is 1. The third-order valence-electron chi connectivity index (χ3n) is 4.72. The van der Waals surface area contributed by atoms with E-state index in [9.17, 15) is 17.6 Å². The van der Waals surface area contributed by atoms with E-state index in [1.54, 1.807) is 32.0 Å². The number of halogens is 1. The lowest BCUT2D eigenvalue weighted by Crippen LogP contribution is -2.46. The average molecular weight is 434 g/mol. The molecular weight excluding hydrogens is 411 g/mol. The molecule has 10 heteroatoms. The Hall–Kier alpha value is -2.82. The van der Waals surface area contributed by atoms with Gasteiger partial charge in [-0.25, -0.2) is 9.37 Å². The van der Waals surface area contributed by atoms with Gasteiger partial charge in [0.15, 0.2) is 0 Å². The van der Waals surface area contributed by atoms with Gasteiger partial charge in [-0.15, -0.1) is 0 Å². The summed E-state index contributed by atoms with van der Waals surface area (Å²) in [5, 5.41) is 0.715. The van der Waals surface area contributed by atoms with Gasteiger partial charge in [-0.3, -0.25) is 9.63 Å². The number of carbonyl (C=O) groups excluding carboxylic acids is 1. The SMILES string of the molecule is CCN(CC)S(=O)(=O)N(OC)C(=O)c1cc2ccn(Cc3ccc(F)cc3)c2cn1. The molecular formula is C20H23FN4O4S. The fourth-order valence-corrected chi connectivity index (χ4v) is 4.51. The van der Waals surface area contributed by atoms with Crippen LogP contribution in [0.5, 0.6) is 0 Å². The van der Waals surface area contributed by atoms with Crippen molar-refractivity contribution in [1.29, 1.82) is 0 Å². The first kappa shape index (κ1) is 21.9. The molecule has 8 nitrogen and oxygen atoms in total. The number of hydrogen-bond donors (Lipinski definition) is 0. The van der Waals surface area contributed by atoms with Gasteiger partial charge in [0, 0.05) is 31.2 Å². The fourth-order valence-electron chi connectivity index (χ4n) is 3.16. The van der Waals surface area contributed by atoms with Gasteiger partial charge in [-0.2, -0.15) is 12.7 Å². The third-order valence-corrected chi connectivity index (χ3v) is 6.62. The standard InChI is InChI=1S/C20H23FN4O4S/c1-4-24(5-2)30(27,28)25(29-3)20(26)18-12-16-10-11-23(19(16)13-22-18)14-15-6-8-17(21)9-7-15/h6-13H,4-5,14H2,1-3H3. The van der Waals surface area contributed by atoms with Crippen LogP contribution in [0, 0.1) is 5.82 Å². The summed E-state index contributed by atoms with van der Waals surface area (Å²) in [7, 11) is -3.01. The van der Waals surface area contributed by atoms with E-state index in [-0.39, 0.29) is 24.6 Å². The molecule has 0 saturated carbocycles. The van der Waals surface area contributed by atoms with E-state index in [0.717, 1.165) is 22.5 Å². The molecule has 0 aliphatic heterocycles. The molecule has 0 aliphatic rings. The smallest absolute Gasteiger partial charge is 0.329 e. The van der Waals surface area contributed by atoms with Crippen LogP contribution in [0.3, 0.4) is 0 Å². The lowest BCUT2D eigenvalue weighted by Gasteiger charge is -2.25. The molecule has 0 spiro atoms. The average Bonchev–Trinajstić information content (AvgIpc) is 3.12. The molecule has 0 N–H and O–H groups in total. The van der Waals surface area contributed by atoms with Crippen LogP contribution in [0.1, 0.15) is 29.9 Å². The molecule has 3 aromatic rings. The summed E-state index contributed by atoms with van der Waals surface area (Å²) in [6.07, 6.45) is 3.33. The Morgan fingerprint density at radius 3 is 2.43 bits per heavy atom. The minimum Gasteiger partial charge on any atom is -0.342 e. The molecule has 0 saturated heterocycles. The van der Waals surface area contributed by atoms with E-state index < -0.39 is 16.1 Å². The monoisotopic (exact) mass is 434 g/mol. The van der Waals surface area contributed by atoms with Crippen molar-refractivity contribution < 1.29 is 22.4 Å². The van der Waals surface area contributed by atoms with Crippen LogP contribution in [-0.4, -0.2) is 52.8 Å². The highest BCUT2D eigenvalue weighted by Gasteiger charge is 2.34. The zero-order chi connectivity index (χ0) is 21.9. The van der Waals surface area contributed by atoms with E-state index in [4.69, 9.17) is 4.84 Å². The van der Waals surface area contributed by atoms with Crippen LogP contribution >= 0.6 is 0 Å². The number of amides is 1. The van der Waals surface area contributed by atoms with E-state index in [2.05, 4.69) is 4.98 Å².